The van der Waals surface area contributed by atoms with Crippen LogP contribution in [0.4, 0.5) is 21.0 Å². The molecular weight excluding hydrogens is 1080 g/mol. The summed E-state index contributed by atoms with van der Waals surface area (Å²) in [5.41, 5.74) is 0.950. The number of esters is 2. The summed E-state index contributed by atoms with van der Waals surface area (Å²) < 4.78 is 18.5. The molecule has 0 aromatic heterocycles. The molecule has 6 aliphatic rings. The number of carbonyl (C=O) groups is 8. The fourth-order valence-electron chi connectivity index (χ4n) is 10.8. The minimum Gasteiger partial charge on any atom is -0.460 e. The third-order valence-corrected chi connectivity index (χ3v) is 14.6. The van der Waals surface area contributed by atoms with Crippen LogP contribution < -0.4 is 37.2 Å². The van der Waals surface area contributed by atoms with Gasteiger partial charge in [-0.3, -0.25) is 44.7 Å². The van der Waals surface area contributed by atoms with E-state index < -0.39 is 140 Å². The molecule has 4 bridgehead atoms. The van der Waals surface area contributed by atoms with Gasteiger partial charge in [0.15, 0.2) is 0 Å². The maximum atomic E-state index is 14.9. The van der Waals surface area contributed by atoms with Gasteiger partial charge in [0.2, 0.25) is 31.2 Å². The van der Waals surface area contributed by atoms with Crippen LogP contribution in [0.2, 0.25) is 0 Å². The molecule has 0 saturated heterocycles. The first-order valence-corrected chi connectivity index (χ1v) is 26.2. The maximum Gasteiger partial charge on any atom is 0.411 e. The van der Waals surface area contributed by atoms with Crippen LogP contribution in [0, 0.1) is 47.3 Å². The van der Waals surface area contributed by atoms with Crippen molar-refractivity contribution in [2.45, 2.75) is 83.2 Å². The average Bonchev–Trinajstić information content (AvgIpc) is 3.34. The monoisotopic (exact) mass is 1140 g/mol. The Bertz CT molecular complexity index is 2120. The number of imide groups is 1. The number of anilines is 2. The molecular formula is C48H59Cl6N7O12. The van der Waals surface area contributed by atoms with Gasteiger partial charge in [0, 0.05) is 36.3 Å². The van der Waals surface area contributed by atoms with Gasteiger partial charge in [-0.15, -0.1) is 0 Å². The van der Waals surface area contributed by atoms with Crippen molar-refractivity contribution in [2.24, 2.45) is 47.3 Å². The molecule has 6 amide bonds. The minimum absolute atomic E-state index is 0.0415. The number of fused-ring (bicyclic) bond motifs is 6. The lowest BCUT2D eigenvalue weighted by Gasteiger charge is -2.51. The second-order valence-corrected chi connectivity index (χ2v) is 23.6. The summed E-state index contributed by atoms with van der Waals surface area (Å²) in [6.07, 6.45) is -0.859. The first-order chi connectivity index (χ1) is 34.7. The highest BCUT2D eigenvalue weighted by Gasteiger charge is 2.58. The lowest BCUT2D eigenvalue weighted by atomic mass is 9.56. The molecule has 6 aliphatic carbocycles. The van der Waals surface area contributed by atoms with E-state index in [-0.39, 0.29) is 38.8 Å². The highest BCUT2D eigenvalue weighted by atomic mass is 35.6. The lowest BCUT2D eigenvalue weighted by Crippen LogP contribution is -2.62. The number of likely N-dealkylation sites (N-methyl/N-ethyl adjacent to an activating group) is 2. The number of carbonyl (C=O) groups excluding carboxylic acids is 8. The normalized spacial score (nSPS) is 26.0. The first-order valence-electron chi connectivity index (χ1n) is 23.9. The van der Waals surface area contributed by atoms with Gasteiger partial charge in [0.05, 0.1) is 23.7 Å². The van der Waals surface area contributed by atoms with Crippen LogP contribution in [0.15, 0.2) is 60.7 Å². The van der Waals surface area contributed by atoms with Crippen molar-refractivity contribution < 1.29 is 57.3 Å². The molecule has 0 radical (unpaired) electrons. The molecule has 2 aromatic rings. The van der Waals surface area contributed by atoms with Gasteiger partial charge < -0.3 is 40.2 Å². The smallest absolute Gasteiger partial charge is 0.411 e. The van der Waals surface area contributed by atoms with Crippen molar-refractivity contribution in [3.63, 3.8) is 0 Å². The quantitative estimate of drug-likeness (QED) is 0.0337. The van der Waals surface area contributed by atoms with Gasteiger partial charge in [-0.05, 0) is 102 Å². The van der Waals surface area contributed by atoms with Gasteiger partial charge in [-0.1, -0.05) is 106 Å². The molecule has 6 saturated carbocycles. The molecule has 25 heteroatoms. The molecule has 400 valence electrons. The van der Waals surface area contributed by atoms with Crippen LogP contribution in [-0.2, 0) is 47.7 Å². The van der Waals surface area contributed by atoms with E-state index in [2.05, 4.69) is 37.2 Å². The second kappa shape index (κ2) is 26.4. The van der Waals surface area contributed by atoms with Gasteiger partial charge in [-0.2, -0.15) is 0 Å². The number of amides is 6. The van der Waals surface area contributed by atoms with E-state index in [0.717, 1.165) is 0 Å². The Morgan fingerprint density at radius 2 is 0.904 bits per heavy atom. The van der Waals surface area contributed by atoms with Crippen molar-refractivity contribution in [1.29, 1.82) is 0 Å². The van der Waals surface area contributed by atoms with Crippen LogP contribution >= 0.6 is 69.6 Å². The zero-order valence-corrected chi connectivity index (χ0v) is 44.4. The average molecular weight is 1140 g/mol. The molecule has 19 nitrogen and oxygen atoms in total. The van der Waals surface area contributed by atoms with Crippen molar-refractivity contribution in [2.75, 3.05) is 51.0 Å². The highest BCUT2D eigenvalue weighted by molar-refractivity contribution is 6.68. The molecule has 12 atom stereocenters. The van der Waals surface area contributed by atoms with E-state index in [1.165, 1.54) is 14.1 Å². The summed E-state index contributed by atoms with van der Waals surface area (Å²) in [7, 11) is 3.04. The van der Waals surface area contributed by atoms with E-state index in [1.807, 2.05) is 0 Å². The predicted molar refractivity (Wildman–Crippen MR) is 273 cm³/mol. The van der Waals surface area contributed by atoms with Crippen molar-refractivity contribution in [3.8, 4) is 0 Å². The Balaban J connectivity index is 1.22. The predicted octanol–water partition coefficient (Wildman–Crippen LogP) is 6.20. The molecule has 6 fully saturated rings. The Labute approximate surface area is 452 Å². The minimum atomic E-state index is -1.84. The Hall–Kier alpha value is -4.34. The fourth-order valence-corrected chi connectivity index (χ4v) is 11.1. The fraction of sp³-hybridized carbons (Fsp3) is 0.583. The SMILES string of the molecule is CNC(CCNC(=O)C1C2CCC(C(OC(=O)Nc3ccccc3)C2)C1C(=O)NC(=O)C1C2CCC(CC2OC(=O)Nc2ccccc2)C1C(=O)NCCC(NC)C(=O)OCC(Cl)(Cl)Cl)C(=O)OCC(Cl)(Cl)Cl. The van der Waals surface area contributed by atoms with Gasteiger partial charge >= 0.3 is 24.1 Å². The van der Waals surface area contributed by atoms with E-state index >= 15 is 0 Å². The number of ether oxygens (including phenoxy) is 4. The van der Waals surface area contributed by atoms with Crippen molar-refractivity contribution in [3.05, 3.63) is 60.7 Å². The Morgan fingerprint density at radius 1 is 0.534 bits per heavy atom. The van der Waals surface area contributed by atoms with Crippen LogP contribution in [0.25, 0.3) is 0 Å². The molecule has 0 heterocycles. The number of halogens is 6. The van der Waals surface area contributed by atoms with E-state index in [0.29, 0.717) is 37.1 Å². The summed E-state index contributed by atoms with van der Waals surface area (Å²) >= 11 is 34.5. The van der Waals surface area contributed by atoms with Crippen LogP contribution in [-0.4, -0.2) is 120 Å². The van der Waals surface area contributed by atoms with Crippen LogP contribution in [0.3, 0.4) is 0 Å². The summed E-state index contributed by atoms with van der Waals surface area (Å²) in [6.45, 7) is -1.09. The standard InChI is InChI=1S/C48H59Cl6N7O12/c1-55-31(43(66)70-23-47(49,50)51)17-19-57-39(62)35-25-13-15-29(33(21-25)72-45(68)59-27-9-5-3-6-10-27)37(35)41(64)61-42(65)38-30-16-14-26(22-34(30)73-46(69)60-28-11-7-4-8-12-28)36(38)40(63)58-20-18-32(56-2)44(67)71-24-48(52,53)54/h3-12,25-26,29-38,55-56H,13-24H2,1-2H3,(H,57,62)(H,58,63)(H,59,68)(H,60,69)(H,61,64,65). The highest BCUT2D eigenvalue weighted by Crippen LogP contribution is 2.52. The number of alkyl halides is 6. The van der Waals surface area contributed by atoms with Crippen LogP contribution in [0.5, 0.6) is 0 Å². The third kappa shape index (κ3) is 16.3. The lowest BCUT2D eigenvalue weighted by molar-refractivity contribution is -0.161. The number of benzene rings is 2. The van der Waals surface area contributed by atoms with E-state index in [1.54, 1.807) is 60.7 Å². The number of hydrogen-bond acceptors (Lipinski definition) is 14. The zero-order chi connectivity index (χ0) is 53.0. The van der Waals surface area contributed by atoms with Crippen LogP contribution in [0.1, 0.15) is 51.4 Å². The topological polar surface area (TPSA) is 258 Å². The maximum absolute atomic E-state index is 14.9. The Morgan fingerprint density at radius 3 is 1.25 bits per heavy atom. The van der Waals surface area contributed by atoms with Gasteiger partial charge in [0.1, 0.15) is 37.5 Å². The molecule has 8 rings (SSSR count). The molecule has 0 aliphatic heterocycles. The summed E-state index contributed by atoms with van der Waals surface area (Å²) in [5, 5.41) is 19.3. The summed E-state index contributed by atoms with van der Waals surface area (Å²) in [4.78, 5) is 111. The number of rotatable bonds is 20. The molecule has 73 heavy (non-hydrogen) atoms. The van der Waals surface area contributed by atoms with Crippen molar-refractivity contribution in [1.82, 2.24) is 26.6 Å². The Kier molecular flexibility index (Phi) is 21.0. The summed E-state index contributed by atoms with van der Waals surface area (Å²) in [5.74, 6) is -10.9. The zero-order valence-electron chi connectivity index (χ0n) is 39.9. The summed E-state index contributed by atoms with van der Waals surface area (Å²) in [6, 6.07) is 15.4. The second-order valence-electron chi connectivity index (χ2n) is 18.6. The number of nitrogens with one attached hydrogen (secondary N) is 7. The molecule has 12 unspecified atom stereocenters. The molecule has 0 spiro atoms. The molecule has 2 aromatic carbocycles. The largest absolute Gasteiger partial charge is 0.460 e. The third-order valence-electron chi connectivity index (χ3n) is 14.0. The molecule has 7 N–H and O–H groups in total. The van der Waals surface area contributed by atoms with Gasteiger partial charge in [0.25, 0.3) is 0 Å². The van der Waals surface area contributed by atoms with E-state index in [4.69, 9.17) is 88.6 Å². The van der Waals surface area contributed by atoms with Gasteiger partial charge in [-0.25, -0.2) is 9.59 Å². The number of hydrogen-bond donors (Lipinski definition) is 7. The first kappa shape index (κ1) is 57.9. The van der Waals surface area contributed by atoms with Crippen molar-refractivity contribution >= 4 is 129 Å². The van der Waals surface area contributed by atoms with E-state index in [9.17, 15) is 38.4 Å². The number of para-hydroxylation sites is 2.